The highest BCUT2D eigenvalue weighted by Gasteiger charge is 2.17. The average molecular weight is 200 g/mol. The van der Waals surface area contributed by atoms with Crippen molar-refractivity contribution in [2.45, 2.75) is 19.9 Å². The van der Waals surface area contributed by atoms with Gasteiger partial charge in [-0.2, -0.15) is 0 Å². The van der Waals surface area contributed by atoms with Crippen molar-refractivity contribution in [3.8, 4) is 0 Å². The Morgan fingerprint density at radius 3 is 2.69 bits per heavy atom. The number of hydrazine groups is 1. The van der Waals surface area contributed by atoms with Crippen LogP contribution in [0.1, 0.15) is 25.6 Å². The van der Waals surface area contributed by atoms with Crippen LogP contribution < -0.4 is 11.3 Å². The van der Waals surface area contributed by atoms with Gasteiger partial charge in [-0.1, -0.05) is 25.4 Å². The lowest BCUT2D eigenvalue weighted by atomic mass is 10.0. The summed E-state index contributed by atoms with van der Waals surface area (Å²) >= 11 is 5.98. The molecule has 1 heterocycles. The zero-order valence-corrected chi connectivity index (χ0v) is 8.55. The monoisotopic (exact) mass is 199 g/mol. The molecular formula is C9H14ClN3. The minimum Gasteiger partial charge on any atom is -0.271 e. The molecule has 0 saturated carbocycles. The summed E-state index contributed by atoms with van der Waals surface area (Å²) in [5.41, 5.74) is 3.52. The van der Waals surface area contributed by atoms with Gasteiger partial charge in [0.25, 0.3) is 0 Å². The van der Waals surface area contributed by atoms with Gasteiger partial charge in [-0.3, -0.25) is 16.3 Å². The van der Waals surface area contributed by atoms with Gasteiger partial charge in [0, 0.05) is 6.20 Å². The molecule has 13 heavy (non-hydrogen) atoms. The Kier molecular flexibility index (Phi) is 3.66. The largest absolute Gasteiger partial charge is 0.271 e. The van der Waals surface area contributed by atoms with E-state index in [2.05, 4.69) is 24.3 Å². The van der Waals surface area contributed by atoms with Gasteiger partial charge in [0.05, 0.1) is 16.8 Å². The third-order valence-corrected chi connectivity index (χ3v) is 2.25. The van der Waals surface area contributed by atoms with E-state index < -0.39 is 0 Å². The summed E-state index contributed by atoms with van der Waals surface area (Å²) in [5, 5.41) is 0.652. The summed E-state index contributed by atoms with van der Waals surface area (Å²) in [4.78, 5) is 4.20. The number of hydrogen-bond acceptors (Lipinski definition) is 3. The van der Waals surface area contributed by atoms with Crippen LogP contribution in [0.15, 0.2) is 18.3 Å². The van der Waals surface area contributed by atoms with Crippen LogP contribution in [0.3, 0.4) is 0 Å². The molecule has 72 valence electrons. The molecule has 1 unspecified atom stereocenters. The Balaban J connectivity index is 2.97. The fourth-order valence-electron chi connectivity index (χ4n) is 1.21. The van der Waals surface area contributed by atoms with Crippen LogP contribution in [0.5, 0.6) is 0 Å². The van der Waals surface area contributed by atoms with E-state index in [4.69, 9.17) is 17.4 Å². The second-order valence-electron chi connectivity index (χ2n) is 3.26. The Bertz CT molecular complexity index is 275. The van der Waals surface area contributed by atoms with Crippen molar-refractivity contribution >= 4 is 11.6 Å². The quantitative estimate of drug-likeness (QED) is 0.578. The normalized spacial score (nSPS) is 13.3. The number of aromatic nitrogens is 1. The van der Waals surface area contributed by atoms with E-state index >= 15 is 0 Å². The maximum Gasteiger partial charge on any atom is 0.0775 e. The predicted octanol–water partition coefficient (Wildman–Crippen LogP) is 1.90. The number of rotatable bonds is 3. The molecule has 0 spiro atoms. The van der Waals surface area contributed by atoms with Crippen molar-refractivity contribution in [2.75, 3.05) is 0 Å². The summed E-state index contributed by atoms with van der Waals surface area (Å²) in [6, 6.07) is 3.63. The molecule has 0 aliphatic heterocycles. The molecule has 0 amide bonds. The van der Waals surface area contributed by atoms with E-state index in [0.29, 0.717) is 10.9 Å². The maximum atomic E-state index is 5.98. The molecule has 1 atom stereocenters. The summed E-state index contributed by atoms with van der Waals surface area (Å²) in [5.74, 6) is 5.78. The minimum absolute atomic E-state index is 0.00806. The highest BCUT2D eigenvalue weighted by molar-refractivity contribution is 6.31. The van der Waals surface area contributed by atoms with Gasteiger partial charge in [0.2, 0.25) is 0 Å². The van der Waals surface area contributed by atoms with Gasteiger partial charge in [0.1, 0.15) is 0 Å². The molecule has 3 N–H and O–H groups in total. The molecule has 0 radical (unpaired) electrons. The van der Waals surface area contributed by atoms with E-state index in [1.807, 2.05) is 6.07 Å². The maximum absolute atomic E-state index is 5.98. The lowest BCUT2D eigenvalue weighted by molar-refractivity contribution is 0.412. The molecule has 0 saturated heterocycles. The van der Waals surface area contributed by atoms with Crippen LogP contribution in [0.2, 0.25) is 5.02 Å². The predicted molar refractivity (Wildman–Crippen MR) is 54.1 cm³/mol. The van der Waals surface area contributed by atoms with Crippen molar-refractivity contribution in [1.29, 1.82) is 0 Å². The van der Waals surface area contributed by atoms with Gasteiger partial charge in [-0.25, -0.2) is 0 Å². The number of hydrogen-bond donors (Lipinski definition) is 2. The highest BCUT2D eigenvalue weighted by Crippen LogP contribution is 2.24. The molecule has 0 aliphatic rings. The summed E-state index contributed by atoms with van der Waals surface area (Å²) in [7, 11) is 0. The zero-order valence-electron chi connectivity index (χ0n) is 7.79. The Morgan fingerprint density at radius 2 is 2.23 bits per heavy atom. The smallest absolute Gasteiger partial charge is 0.0775 e. The minimum atomic E-state index is 0.00806. The van der Waals surface area contributed by atoms with Gasteiger partial charge in [-0.05, 0) is 18.1 Å². The zero-order chi connectivity index (χ0) is 9.84. The van der Waals surface area contributed by atoms with Crippen LogP contribution in [-0.4, -0.2) is 4.98 Å². The Hall–Kier alpha value is -0.640. The third-order valence-electron chi connectivity index (χ3n) is 1.93. The van der Waals surface area contributed by atoms with E-state index in [-0.39, 0.29) is 6.04 Å². The molecule has 4 heteroatoms. The van der Waals surface area contributed by atoms with Gasteiger partial charge in [0.15, 0.2) is 0 Å². The molecule has 1 aromatic rings. The first kappa shape index (κ1) is 10.4. The van der Waals surface area contributed by atoms with Crippen molar-refractivity contribution in [2.24, 2.45) is 11.8 Å². The standard InChI is InChI=1S/C9H14ClN3/c1-6(2)8(13-11)9-7(10)4-3-5-12-9/h3-6,8,13H,11H2,1-2H3. The molecular weight excluding hydrogens is 186 g/mol. The van der Waals surface area contributed by atoms with Crippen LogP contribution in [0, 0.1) is 5.92 Å². The number of nitrogens with zero attached hydrogens (tertiary/aromatic N) is 1. The summed E-state index contributed by atoms with van der Waals surface area (Å²) < 4.78 is 0. The first-order chi connectivity index (χ1) is 6.16. The molecule has 0 bridgehead atoms. The van der Waals surface area contributed by atoms with E-state index in [9.17, 15) is 0 Å². The van der Waals surface area contributed by atoms with Crippen LogP contribution in [0.4, 0.5) is 0 Å². The SMILES string of the molecule is CC(C)C(NN)c1ncccc1Cl. The molecule has 0 aliphatic carbocycles. The number of nitrogens with two attached hydrogens (primary N) is 1. The lowest BCUT2D eigenvalue weighted by Crippen LogP contribution is -2.32. The van der Waals surface area contributed by atoms with Crippen LogP contribution >= 0.6 is 11.6 Å². The lowest BCUT2D eigenvalue weighted by Gasteiger charge is -2.19. The first-order valence-electron chi connectivity index (χ1n) is 4.23. The summed E-state index contributed by atoms with van der Waals surface area (Å²) in [6.07, 6.45) is 1.72. The van der Waals surface area contributed by atoms with E-state index in [1.165, 1.54) is 0 Å². The molecule has 3 nitrogen and oxygen atoms in total. The Labute approximate surface area is 83.3 Å². The van der Waals surface area contributed by atoms with Crippen molar-refractivity contribution in [1.82, 2.24) is 10.4 Å². The van der Waals surface area contributed by atoms with Crippen molar-refractivity contribution in [3.05, 3.63) is 29.0 Å². The third kappa shape index (κ3) is 2.40. The fraction of sp³-hybridized carbons (Fsp3) is 0.444. The van der Waals surface area contributed by atoms with E-state index in [0.717, 1.165) is 5.69 Å². The first-order valence-corrected chi connectivity index (χ1v) is 4.61. The Morgan fingerprint density at radius 1 is 1.54 bits per heavy atom. The van der Waals surface area contributed by atoms with Crippen LogP contribution in [0.25, 0.3) is 0 Å². The highest BCUT2D eigenvalue weighted by atomic mass is 35.5. The summed E-state index contributed by atoms with van der Waals surface area (Å²) in [6.45, 7) is 4.13. The van der Waals surface area contributed by atoms with Gasteiger partial charge >= 0.3 is 0 Å². The van der Waals surface area contributed by atoms with Crippen molar-refractivity contribution in [3.63, 3.8) is 0 Å². The second kappa shape index (κ2) is 4.56. The topological polar surface area (TPSA) is 50.9 Å². The van der Waals surface area contributed by atoms with Gasteiger partial charge < -0.3 is 0 Å². The van der Waals surface area contributed by atoms with Crippen molar-refractivity contribution < 1.29 is 0 Å². The number of halogens is 1. The second-order valence-corrected chi connectivity index (χ2v) is 3.67. The average Bonchev–Trinajstić information content (AvgIpc) is 2.09. The molecule has 0 fully saturated rings. The number of nitrogens with one attached hydrogen (secondary N) is 1. The molecule has 1 rings (SSSR count). The molecule has 1 aromatic heterocycles. The van der Waals surface area contributed by atoms with E-state index in [1.54, 1.807) is 12.3 Å². The van der Waals surface area contributed by atoms with Gasteiger partial charge in [-0.15, -0.1) is 0 Å². The fourth-order valence-corrected chi connectivity index (χ4v) is 1.45. The van der Waals surface area contributed by atoms with Crippen LogP contribution in [-0.2, 0) is 0 Å². The molecule has 0 aromatic carbocycles. The number of pyridine rings is 1.